The number of aliphatic carboxylic acids is 1. The number of carbonyl (C=O) groups excluding carboxylic acids is 2. The molecule has 0 radical (unpaired) electrons. The van der Waals surface area contributed by atoms with Crippen LogP contribution in [-0.4, -0.2) is 62.9 Å². The fourth-order valence-corrected chi connectivity index (χ4v) is 4.67. The van der Waals surface area contributed by atoms with Crippen molar-refractivity contribution in [1.82, 2.24) is 9.80 Å². The zero-order valence-electron chi connectivity index (χ0n) is 19.1. The predicted molar refractivity (Wildman–Crippen MR) is 120 cm³/mol. The molecule has 2 heterocycles. The summed E-state index contributed by atoms with van der Waals surface area (Å²) in [5.41, 5.74) is 1.75. The standard InChI is InChI=1S/C24H29N3O6/c1-24(2)22(30)27(23(31)26(24)3)11-10-15(21(28)29)12-18(25-32)14-8-9-17-16-6-4-5-7-19(16)33-20(17)13-14/h8-9,13,15,32H,4-7,10-12H2,1-3H3,(H,28,29)/t15-/m1/s1. The van der Waals surface area contributed by atoms with Crippen LogP contribution in [0.2, 0.25) is 0 Å². The number of rotatable bonds is 7. The predicted octanol–water partition coefficient (Wildman–Crippen LogP) is 3.64. The van der Waals surface area contributed by atoms with Crippen molar-refractivity contribution in [3.8, 4) is 0 Å². The highest BCUT2D eigenvalue weighted by Gasteiger charge is 2.49. The van der Waals surface area contributed by atoms with E-state index in [9.17, 15) is 24.7 Å². The van der Waals surface area contributed by atoms with E-state index < -0.39 is 23.5 Å². The molecule has 0 bridgehead atoms. The van der Waals surface area contributed by atoms with E-state index in [1.807, 2.05) is 12.1 Å². The Bertz CT molecular complexity index is 1150. The molecule has 1 atom stereocenters. The van der Waals surface area contributed by atoms with Crippen LogP contribution >= 0.6 is 0 Å². The van der Waals surface area contributed by atoms with Gasteiger partial charge in [0.25, 0.3) is 5.91 Å². The van der Waals surface area contributed by atoms with Crippen molar-refractivity contribution in [2.45, 2.75) is 57.9 Å². The topological polar surface area (TPSA) is 124 Å². The van der Waals surface area contributed by atoms with Crippen molar-refractivity contribution >= 4 is 34.6 Å². The second kappa shape index (κ2) is 8.53. The number of hydrogen-bond donors (Lipinski definition) is 2. The first kappa shape index (κ1) is 22.8. The number of carboxylic acid groups (broad SMARTS) is 1. The lowest BCUT2D eigenvalue weighted by atomic mass is 9.93. The van der Waals surface area contributed by atoms with Crippen LogP contribution in [0.5, 0.6) is 0 Å². The summed E-state index contributed by atoms with van der Waals surface area (Å²) in [6, 6.07) is 5.08. The smallest absolute Gasteiger partial charge is 0.327 e. The molecule has 1 aromatic heterocycles. The summed E-state index contributed by atoms with van der Waals surface area (Å²) in [4.78, 5) is 39.4. The minimum atomic E-state index is -1.09. The summed E-state index contributed by atoms with van der Waals surface area (Å²) in [5.74, 6) is -1.39. The Kier molecular flexibility index (Phi) is 5.90. The Morgan fingerprint density at radius 3 is 2.61 bits per heavy atom. The monoisotopic (exact) mass is 455 g/mol. The summed E-state index contributed by atoms with van der Waals surface area (Å²) in [6.07, 6.45) is 4.10. The molecule has 0 unspecified atom stereocenters. The van der Waals surface area contributed by atoms with Gasteiger partial charge in [-0.3, -0.25) is 14.5 Å². The number of fused-ring (bicyclic) bond motifs is 3. The number of urea groups is 1. The number of aryl methyl sites for hydroxylation is 2. The molecule has 3 amide bonds. The van der Waals surface area contributed by atoms with Crippen molar-refractivity contribution in [2.24, 2.45) is 11.1 Å². The van der Waals surface area contributed by atoms with Gasteiger partial charge in [-0.05, 0) is 45.6 Å². The summed E-state index contributed by atoms with van der Waals surface area (Å²) >= 11 is 0. The molecule has 0 spiro atoms. The van der Waals surface area contributed by atoms with Crippen molar-refractivity contribution < 1.29 is 29.1 Å². The number of benzene rings is 1. The van der Waals surface area contributed by atoms with Crippen molar-refractivity contribution in [3.05, 3.63) is 35.1 Å². The van der Waals surface area contributed by atoms with Crippen LogP contribution in [0.4, 0.5) is 4.79 Å². The van der Waals surface area contributed by atoms with Gasteiger partial charge in [-0.25, -0.2) is 4.79 Å². The summed E-state index contributed by atoms with van der Waals surface area (Å²) in [6.45, 7) is 3.28. The Hall–Kier alpha value is -3.36. The van der Waals surface area contributed by atoms with Crippen LogP contribution < -0.4 is 0 Å². The van der Waals surface area contributed by atoms with Gasteiger partial charge in [0.2, 0.25) is 0 Å². The van der Waals surface area contributed by atoms with Gasteiger partial charge < -0.3 is 19.6 Å². The highest BCUT2D eigenvalue weighted by molar-refractivity contribution is 6.06. The molecule has 2 N–H and O–H groups in total. The van der Waals surface area contributed by atoms with E-state index in [-0.39, 0.29) is 31.0 Å². The van der Waals surface area contributed by atoms with Crippen molar-refractivity contribution in [3.63, 3.8) is 0 Å². The highest BCUT2D eigenvalue weighted by atomic mass is 16.4. The molecule has 1 aromatic carbocycles. The molecule has 1 aliphatic heterocycles. The number of likely N-dealkylation sites (N-methyl/N-ethyl adjacent to an activating group) is 1. The van der Waals surface area contributed by atoms with Gasteiger partial charge in [0.05, 0.1) is 11.6 Å². The highest BCUT2D eigenvalue weighted by Crippen LogP contribution is 2.33. The number of carbonyl (C=O) groups is 3. The molecule has 9 heteroatoms. The lowest BCUT2D eigenvalue weighted by Gasteiger charge is -2.22. The minimum absolute atomic E-state index is 0.0228. The third-order valence-corrected chi connectivity index (χ3v) is 7.03. The zero-order chi connectivity index (χ0) is 23.9. The molecule has 1 fully saturated rings. The maximum atomic E-state index is 12.6. The van der Waals surface area contributed by atoms with Gasteiger partial charge in [-0.2, -0.15) is 0 Å². The van der Waals surface area contributed by atoms with E-state index in [2.05, 4.69) is 5.16 Å². The van der Waals surface area contributed by atoms with Gasteiger partial charge in [-0.15, -0.1) is 0 Å². The first-order valence-corrected chi connectivity index (χ1v) is 11.2. The first-order valence-electron chi connectivity index (χ1n) is 11.2. The van der Waals surface area contributed by atoms with Crippen LogP contribution in [0.1, 0.15) is 56.4 Å². The number of furan rings is 1. The van der Waals surface area contributed by atoms with E-state index >= 15 is 0 Å². The molecule has 2 aromatic rings. The van der Waals surface area contributed by atoms with Gasteiger partial charge in [0.1, 0.15) is 16.9 Å². The fraction of sp³-hybridized carbons (Fsp3) is 0.500. The molecule has 9 nitrogen and oxygen atoms in total. The third kappa shape index (κ3) is 3.96. The molecule has 2 aliphatic rings. The van der Waals surface area contributed by atoms with Gasteiger partial charge in [0, 0.05) is 42.9 Å². The number of imide groups is 1. The third-order valence-electron chi connectivity index (χ3n) is 7.03. The van der Waals surface area contributed by atoms with Crippen LogP contribution in [0.15, 0.2) is 27.8 Å². The summed E-state index contributed by atoms with van der Waals surface area (Å²) in [7, 11) is 1.55. The fourth-order valence-electron chi connectivity index (χ4n) is 4.67. The van der Waals surface area contributed by atoms with Crippen LogP contribution in [0, 0.1) is 5.92 Å². The average Bonchev–Trinajstić information content (AvgIpc) is 3.23. The number of carboxylic acids is 1. The van der Waals surface area contributed by atoms with E-state index in [4.69, 9.17) is 4.42 Å². The Balaban J connectivity index is 1.50. The van der Waals surface area contributed by atoms with E-state index in [0.717, 1.165) is 41.7 Å². The number of hydrogen-bond acceptors (Lipinski definition) is 6. The lowest BCUT2D eigenvalue weighted by molar-refractivity contribution is -0.142. The largest absolute Gasteiger partial charge is 0.481 e. The van der Waals surface area contributed by atoms with E-state index in [1.165, 1.54) is 10.5 Å². The van der Waals surface area contributed by atoms with Crippen LogP contribution in [0.25, 0.3) is 11.0 Å². The van der Waals surface area contributed by atoms with Crippen molar-refractivity contribution in [1.29, 1.82) is 0 Å². The SMILES string of the molecule is CN1C(=O)N(CC[C@H](CC(=NO)c2ccc3c4c(oc3c2)CCCC4)C(=O)O)C(=O)C1(C)C. The van der Waals surface area contributed by atoms with Gasteiger partial charge >= 0.3 is 12.0 Å². The Labute approximate surface area is 191 Å². The molecular weight excluding hydrogens is 426 g/mol. The first-order chi connectivity index (χ1) is 15.6. The minimum Gasteiger partial charge on any atom is -0.481 e. The van der Waals surface area contributed by atoms with Crippen LogP contribution in [0.3, 0.4) is 0 Å². The second-order valence-electron chi connectivity index (χ2n) is 9.35. The maximum absolute atomic E-state index is 12.6. The Morgan fingerprint density at radius 2 is 1.97 bits per heavy atom. The van der Waals surface area contributed by atoms with E-state index in [0.29, 0.717) is 11.1 Å². The molecule has 33 heavy (non-hydrogen) atoms. The lowest BCUT2D eigenvalue weighted by Crippen LogP contribution is -2.41. The average molecular weight is 456 g/mol. The molecule has 1 saturated heterocycles. The zero-order valence-corrected chi connectivity index (χ0v) is 19.1. The maximum Gasteiger partial charge on any atom is 0.327 e. The van der Waals surface area contributed by atoms with E-state index in [1.54, 1.807) is 27.0 Å². The molecule has 0 saturated carbocycles. The van der Waals surface area contributed by atoms with Crippen LogP contribution in [-0.2, 0) is 22.4 Å². The molecule has 1 aliphatic carbocycles. The number of amides is 3. The van der Waals surface area contributed by atoms with Gasteiger partial charge in [-0.1, -0.05) is 17.3 Å². The summed E-state index contributed by atoms with van der Waals surface area (Å²) < 4.78 is 6.01. The molecular formula is C24H29N3O6. The van der Waals surface area contributed by atoms with Gasteiger partial charge in [0.15, 0.2) is 0 Å². The second-order valence-corrected chi connectivity index (χ2v) is 9.35. The number of oxime groups is 1. The number of nitrogens with zero attached hydrogens (tertiary/aromatic N) is 3. The normalized spacial score (nSPS) is 19.3. The molecule has 176 valence electrons. The Morgan fingerprint density at radius 1 is 1.24 bits per heavy atom. The van der Waals surface area contributed by atoms with Crippen molar-refractivity contribution in [2.75, 3.05) is 13.6 Å². The quantitative estimate of drug-likeness (QED) is 0.284. The summed E-state index contributed by atoms with van der Waals surface area (Å²) in [5, 5.41) is 23.8. The molecule has 4 rings (SSSR count).